The van der Waals surface area contributed by atoms with Crippen molar-refractivity contribution in [3.63, 3.8) is 0 Å². The van der Waals surface area contributed by atoms with E-state index < -0.39 is 5.83 Å². The van der Waals surface area contributed by atoms with Gasteiger partial charge in [-0.3, -0.25) is 4.98 Å². The molecule has 0 radical (unpaired) electrons. The zero-order chi connectivity index (χ0) is 14.7. The van der Waals surface area contributed by atoms with Gasteiger partial charge in [-0.15, -0.1) is 0 Å². The molecule has 0 saturated carbocycles. The Balaban J connectivity index is 2.48. The number of fused-ring (bicyclic) bond motifs is 1. The van der Waals surface area contributed by atoms with Crippen molar-refractivity contribution in [1.82, 2.24) is 14.8 Å². The Morgan fingerprint density at radius 3 is 3.00 bits per heavy atom. The molecule has 0 spiro atoms. The first-order valence-corrected chi connectivity index (χ1v) is 5.62. The van der Waals surface area contributed by atoms with Crippen LogP contribution < -0.4 is 5.73 Å². The van der Waals surface area contributed by atoms with Crippen LogP contribution in [0.15, 0.2) is 47.8 Å². The molecule has 2 rings (SSSR count). The summed E-state index contributed by atoms with van der Waals surface area (Å²) in [5.74, 6) is -0.301. The summed E-state index contributed by atoms with van der Waals surface area (Å²) in [6, 6.07) is 3.63. The smallest absolute Gasteiger partial charge is 0.163 e. The second-order valence-corrected chi connectivity index (χ2v) is 3.98. The number of hydrogen-bond acceptors (Lipinski definition) is 5. The van der Waals surface area contributed by atoms with E-state index in [4.69, 9.17) is 11.0 Å². The van der Waals surface area contributed by atoms with Crippen LogP contribution in [-0.4, -0.2) is 20.6 Å². The van der Waals surface area contributed by atoms with Crippen molar-refractivity contribution in [2.75, 3.05) is 0 Å². The molecule has 0 amide bonds. The van der Waals surface area contributed by atoms with Crippen molar-refractivity contribution in [2.24, 2.45) is 10.7 Å². The molecule has 0 aliphatic heterocycles. The molecule has 2 heterocycles. The summed E-state index contributed by atoms with van der Waals surface area (Å²) in [6.45, 7) is 4.91. The molecule has 0 saturated heterocycles. The summed E-state index contributed by atoms with van der Waals surface area (Å²) in [6.07, 6.45) is 3.96. The summed E-state index contributed by atoms with van der Waals surface area (Å²) in [5.41, 5.74) is 6.64. The number of halogens is 1. The van der Waals surface area contributed by atoms with Crippen LogP contribution in [0.4, 0.5) is 4.39 Å². The fraction of sp³-hybridized carbons (Fsp3) is 0.0769. The molecule has 0 unspecified atom stereocenters. The summed E-state index contributed by atoms with van der Waals surface area (Å²) >= 11 is 0. The van der Waals surface area contributed by atoms with Gasteiger partial charge in [0, 0.05) is 6.20 Å². The predicted octanol–water partition coefficient (Wildman–Crippen LogP) is 1.85. The van der Waals surface area contributed by atoms with Crippen molar-refractivity contribution < 1.29 is 4.39 Å². The molecule has 6 nitrogen and oxygen atoms in total. The third-order valence-electron chi connectivity index (χ3n) is 2.53. The van der Waals surface area contributed by atoms with Gasteiger partial charge in [0.1, 0.15) is 17.4 Å². The Hall–Kier alpha value is -3.01. The molecule has 0 aliphatic rings. The highest BCUT2D eigenvalue weighted by atomic mass is 19.1. The first-order valence-electron chi connectivity index (χ1n) is 5.62. The van der Waals surface area contributed by atoms with Crippen molar-refractivity contribution in [2.45, 2.75) is 6.92 Å². The molecule has 0 aromatic carbocycles. The molecule has 7 heteroatoms. The van der Waals surface area contributed by atoms with Gasteiger partial charge in [0.2, 0.25) is 0 Å². The zero-order valence-electron chi connectivity index (χ0n) is 10.7. The third-order valence-corrected chi connectivity index (χ3v) is 2.53. The summed E-state index contributed by atoms with van der Waals surface area (Å²) < 4.78 is 14.7. The van der Waals surface area contributed by atoms with E-state index >= 15 is 0 Å². The average Bonchev–Trinajstić information content (AvgIpc) is 2.86. The Morgan fingerprint density at radius 1 is 1.60 bits per heavy atom. The van der Waals surface area contributed by atoms with E-state index in [1.807, 2.05) is 6.07 Å². The van der Waals surface area contributed by atoms with E-state index in [1.165, 1.54) is 17.1 Å². The predicted molar refractivity (Wildman–Crippen MR) is 73.3 cm³/mol. The first-order chi connectivity index (χ1) is 9.52. The van der Waals surface area contributed by atoms with E-state index in [9.17, 15) is 4.39 Å². The van der Waals surface area contributed by atoms with Gasteiger partial charge in [0.25, 0.3) is 0 Å². The molecule has 0 bridgehead atoms. The topological polar surface area (TPSA) is 92.9 Å². The van der Waals surface area contributed by atoms with Crippen LogP contribution in [0.1, 0.15) is 12.5 Å². The zero-order valence-corrected chi connectivity index (χ0v) is 10.7. The molecule has 2 aromatic rings. The lowest BCUT2D eigenvalue weighted by molar-refractivity contribution is 0.646. The van der Waals surface area contributed by atoms with Gasteiger partial charge in [-0.05, 0) is 13.0 Å². The monoisotopic (exact) mass is 270 g/mol. The lowest BCUT2D eigenvalue weighted by atomic mass is 10.3. The van der Waals surface area contributed by atoms with E-state index in [0.717, 1.165) is 6.20 Å². The highest BCUT2D eigenvalue weighted by Gasteiger charge is 2.07. The summed E-state index contributed by atoms with van der Waals surface area (Å²) in [5, 5.41) is 13.0. The molecular weight excluding hydrogens is 259 g/mol. The molecule has 0 atom stereocenters. The van der Waals surface area contributed by atoms with Gasteiger partial charge < -0.3 is 5.73 Å². The Morgan fingerprint density at radius 2 is 2.35 bits per heavy atom. The minimum absolute atomic E-state index is 0.194. The SMILES string of the molecule is C=C(N)/C(F)=C\N=C(/C)n1ncc2ncc(C#N)cc21. The molecule has 0 aliphatic carbocycles. The quantitative estimate of drug-likeness (QED) is 0.512. The maximum Gasteiger partial charge on any atom is 0.163 e. The number of pyridine rings is 1. The van der Waals surface area contributed by atoms with Crippen LogP contribution in [0.5, 0.6) is 0 Å². The normalized spacial score (nSPS) is 12.4. The van der Waals surface area contributed by atoms with Gasteiger partial charge in [-0.25, -0.2) is 14.1 Å². The molecule has 2 N–H and O–H groups in total. The van der Waals surface area contributed by atoms with Crippen LogP contribution >= 0.6 is 0 Å². The number of aromatic nitrogens is 3. The number of allylic oxidation sites excluding steroid dienone is 1. The molecule has 100 valence electrons. The van der Waals surface area contributed by atoms with Crippen LogP contribution in [0.2, 0.25) is 0 Å². The molecule has 0 fully saturated rings. The maximum absolute atomic E-state index is 13.2. The van der Waals surface area contributed by atoms with E-state index in [0.29, 0.717) is 22.4 Å². The molecular formula is C13H11FN6. The Labute approximate surface area is 114 Å². The van der Waals surface area contributed by atoms with Crippen LogP contribution in [0.25, 0.3) is 11.0 Å². The summed E-state index contributed by atoms with van der Waals surface area (Å²) in [4.78, 5) is 8.02. The fourth-order valence-electron chi connectivity index (χ4n) is 1.51. The number of rotatable bonds is 2. The van der Waals surface area contributed by atoms with Gasteiger partial charge in [0.15, 0.2) is 5.83 Å². The Kier molecular flexibility index (Phi) is 3.57. The van der Waals surface area contributed by atoms with Crippen LogP contribution in [0.3, 0.4) is 0 Å². The first kappa shape index (κ1) is 13.4. The van der Waals surface area contributed by atoms with Crippen LogP contribution in [-0.2, 0) is 0 Å². The fourth-order valence-corrected chi connectivity index (χ4v) is 1.51. The van der Waals surface area contributed by atoms with Crippen LogP contribution in [0, 0.1) is 11.3 Å². The minimum atomic E-state index is -0.711. The average molecular weight is 270 g/mol. The highest BCUT2D eigenvalue weighted by Crippen LogP contribution is 2.13. The van der Waals surface area contributed by atoms with E-state index in [-0.39, 0.29) is 5.70 Å². The van der Waals surface area contributed by atoms with Gasteiger partial charge in [0.05, 0.1) is 29.2 Å². The van der Waals surface area contributed by atoms with E-state index in [1.54, 1.807) is 13.0 Å². The van der Waals surface area contributed by atoms with Gasteiger partial charge in [-0.1, -0.05) is 6.58 Å². The number of nitrogens with two attached hydrogens (primary N) is 1. The molecule has 20 heavy (non-hydrogen) atoms. The summed E-state index contributed by atoms with van der Waals surface area (Å²) in [7, 11) is 0. The van der Waals surface area contributed by atoms with Crippen molar-refractivity contribution >= 4 is 16.9 Å². The number of hydrogen-bond donors (Lipinski definition) is 1. The number of nitrogens with zero attached hydrogens (tertiary/aromatic N) is 5. The third kappa shape index (κ3) is 2.54. The number of nitriles is 1. The standard InChI is InChI=1S/C13H11FN6/c1-8(16)11(14)6-17-9(2)20-13-3-10(4-15)5-18-12(13)7-19-20/h3,5-7H,1,16H2,2H3/b11-6+,17-9+. The lowest BCUT2D eigenvalue weighted by Crippen LogP contribution is -2.08. The molecule has 2 aromatic heterocycles. The Bertz CT molecular complexity index is 778. The van der Waals surface area contributed by atoms with Crippen molar-refractivity contribution in [1.29, 1.82) is 5.26 Å². The van der Waals surface area contributed by atoms with Crippen molar-refractivity contribution in [3.05, 3.63) is 48.3 Å². The highest BCUT2D eigenvalue weighted by molar-refractivity contribution is 5.91. The van der Waals surface area contributed by atoms with Gasteiger partial charge >= 0.3 is 0 Å². The second kappa shape index (κ2) is 5.32. The van der Waals surface area contributed by atoms with Crippen molar-refractivity contribution in [3.8, 4) is 6.07 Å². The number of aliphatic imine (C=N–C) groups is 1. The minimum Gasteiger partial charge on any atom is -0.397 e. The van der Waals surface area contributed by atoms with E-state index in [2.05, 4.69) is 21.7 Å². The van der Waals surface area contributed by atoms with Gasteiger partial charge in [-0.2, -0.15) is 10.4 Å². The second-order valence-electron chi connectivity index (χ2n) is 3.98. The maximum atomic E-state index is 13.2. The lowest BCUT2D eigenvalue weighted by Gasteiger charge is -2.01. The largest absolute Gasteiger partial charge is 0.397 e.